The second-order valence-corrected chi connectivity index (χ2v) is 8.45. The molecule has 1 N–H and O–H groups in total. The van der Waals surface area contributed by atoms with Crippen LogP contribution in [0, 0.1) is 23.7 Å². The standard InChI is InChI=1S/C18H19Cl2NO3/c19-9-4-10(20)6-11(5-9)21-18(22)24-14-3-8-1-2-12(14)13-7-15-17(23-15)16(8)13/h4-6,8,12-17H,1-3,7H2,(H,21,22)/t8-,12+,13+,14-,15+,16+,17-/m0/s1. The summed E-state index contributed by atoms with van der Waals surface area (Å²) in [5.74, 6) is 2.53. The molecule has 0 aromatic heterocycles. The van der Waals surface area contributed by atoms with Crippen LogP contribution in [0.25, 0.3) is 0 Å². The molecule has 1 saturated heterocycles. The number of benzene rings is 1. The molecule has 6 heteroatoms. The van der Waals surface area contributed by atoms with E-state index in [-0.39, 0.29) is 6.10 Å². The van der Waals surface area contributed by atoms with Crippen molar-refractivity contribution in [2.75, 3.05) is 5.32 Å². The summed E-state index contributed by atoms with van der Waals surface area (Å²) in [7, 11) is 0. The van der Waals surface area contributed by atoms with Gasteiger partial charge in [0.15, 0.2) is 0 Å². The average molecular weight is 368 g/mol. The van der Waals surface area contributed by atoms with Crippen LogP contribution in [0.15, 0.2) is 18.2 Å². The van der Waals surface area contributed by atoms with Gasteiger partial charge in [0.1, 0.15) is 6.10 Å². The Hall–Kier alpha value is -0.970. The van der Waals surface area contributed by atoms with Crippen LogP contribution in [0.3, 0.4) is 0 Å². The predicted molar refractivity (Wildman–Crippen MR) is 91.4 cm³/mol. The molecule has 1 amide bonds. The lowest BCUT2D eigenvalue weighted by atomic mass is 9.58. The summed E-state index contributed by atoms with van der Waals surface area (Å²) in [4.78, 5) is 12.3. The molecule has 6 rings (SSSR count). The minimum absolute atomic E-state index is 0.0251. The molecule has 1 aromatic rings. The predicted octanol–water partition coefficient (Wildman–Crippen LogP) is 4.74. The smallest absolute Gasteiger partial charge is 0.411 e. The van der Waals surface area contributed by atoms with Gasteiger partial charge >= 0.3 is 6.09 Å². The van der Waals surface area contributed by atoms with Gasteiger partial charge in [-0.1, -0.05) is 23.2 Å². The third-order valence-corrected chi connectivity index (χ3v) is 6.78. The van der Waals surface area contributed by atoms with Gasteiger partial charge in [-0.25, -0.2) is 4.79 Å². The van der Waals surface area contributed by atoms with Crippen LogP contribution in [0.4, 0.5) is 10.5 Å². The van der Waals surface area contributed by atoms with Gasteiger partial charge in [-0.3, -0.25) is 5.32 Å². The molecule has 5 fully saturated rings. The van der Waals surface area contributed by atoms with Crippen molar-refractivity contribution in [3.8, 4) is 0 Å². The zero-order chi connectivity index (χ0) is 16.4. The molecular formula is C18H19Cl2NO3. The van der Waals surface area contributed by atoms with Crippen molar-refractivity contribution in [1.29, 1.82) is 0 Å². The van der Waals surface area contributed by atoms with E-state index >= 15 is 0 Å². The van der Waals surface area contributed by atoms with E-state index in [1.165, 1.54) is 12.8 Å². The van der Waals surface area contributed by atoms with Crippen molar-refractivity contribution in [1.82, 2.24) is 0 Å². The first kappa shape index (κ1) is 15.3. The molecule has 5 aliphatic rings. The van der Waals surface area contributed by atoms with Gasteiger partial charge in [0.25, 0.3) is 0 Å². The number of nitrogens with one attached hydrogen (secondary N) is 1. The average Bonchev–Trinajstić information content (AvgIpc) is 3.16. The fraction of sp³-hybridized carbons (Fsp3) is 0.611. The number of hydrogen-bond acceptors (Lipinski definition) is 3. The first-order valence-corrected chi connectivity index (χ1v) is 9.43. The van der Waals surface area contributed by atoms with Crippen LogP contribution in [0.5, 0.6) is 0 Å². The summed E-state index contributed by atoms with van der Waals surface area (Å²) in [5, 5.41) is 3.73. The van der Waals surface area contributed by atoms with E-state index in [0.29, 0.717) is 51.6 Å². The van der Waals surface area contributed by atoms with E-state index in [4.69, 9.17) is 32.7 Å². The number of rotatable bonds is 2. The zero-order valence-corrected chi connectivity index (χ0v) is 14.6. The second kappa shape index (κ2) is 5.52. The SMILES string of the molecule is O=C(Nc1cc(Cl)cc(Cl)c1)O[C@H]1C[C@@H]2CC[C@@H]1[C@H]1C[C@H]3O[C@@H]3[C@H]21. The lowest BCUT2D eigenvalue weighted by Crippen LogP contribution is -2.49. The number of hydrogen-bond donors (Lipinski definition) is 1. The van der Waals surface area contributed by atoms with Crippen LogP contribution >= 0.6 is 23.2 Å². The van der Waals surface area contributed by atoms with Gasteiger partial charge < -0.3 is 9.47 Å². The quantitative estimate of drug-likeness (QED) is 0.767. The highest BCUT2D eigenvalue weighted by molar-refractivity contribution is 6.35. The summed E-state index contributed by atoms with van der Waals surface area (Å²) >= 11 is 11.9. The number of halogens is 2. The van der Waals surface area contributed by atoms with Gasteiger partial charge in [-0.2, -0.15) is 0 Å². The Bertz CT molecular complexity index is 677. The minimum Gasteiger partial charge on any atom is -0.446 e. The molecular weight excluding hydrogens is 349 g/mol. The molecule has 7 atom stereocenters. The number of ether oxygens (including phenoxy) is 2. The van der Waals surface area contributed by atoms with E-state index in [1.807, 2.05) is 0 Å². The Labute approximate surface area is 150 Å². The van der Waals surface area contributed by atoms with Gasteiger partial charge in [0, 0.05) is 15.7 Å². The lowest BCUT2D eigenvalue weighted by molar-refractivity contribution is -0.0851. The maximum absolute atomic E-state index is 12.3. The van der Waals surface area contributed by atoms with E-state index in [1.54, 1.807) is 18.2 Å². The number of epoxide rings is 1. The zero-order valence-electron chi connectivity index (χ0n) is 13.1. The molecule has 2 bridgehead atoms. The first-order valence-electron chi connectivity index (χ1n) is 8.67. The second-order valence-electron chi connectivity index (χ2n) is 7.58. The summed E-state index contributed by atoms with van der Waals surface area (Å²) in [5.41, 5.74) is 0.562. The van der Waals surface area contributed by atoms with E-state index in [0.717, 1.165) is 12.8 Å². The number of amides is 1. The maximum Gasteiger partial charge on any atom is 0.411 e. The molecule has 4 nitrogen and oxygen atoms in total. The van der Waals surface area contributed by atoms with Crippen molar-refractivity contribution < 1.29 is 14.3 Å². The highest BCUT2D eigenvalue weighted by Crippen LogP contribution is 2.62. The fourth-order valence-electron chi connectivity index (χ4n) is 5.50. The first-order chi connectivity index (χ1) is 11.6. The Morgan fingerprint density at radius 2 is 1.92 bits per heavy atom. The summed E-state index contributed by atoms with van der Waals surface area (Å²) < 4.78 is 11.5. The number of carbonyl (C=O) groups excluding carboxylic acids is 1. The molecule has 1 aliphatic heterocycles. The lowest BCUT2D eigenvalue weighted by Gasteiger charge is -2.50. The molecule has 1 aromatic carbocycles. The molecule has 4 saturated carbocycles. The Morgan fingerprint density at radius 1 is 1.12 bits per heavy atom. The Morgan fingerprint density at radius 3 is 2.71 bits per heavy atom. The number of carbonyl (C=O) groups is 1. The Kier molecular flexibility index (Phi) is 3.52. The molecule has 0 spiro atoms. The van der Waals surface area contributed by atoms with Crippen LogP contribution in [-0.4, -0.2) is 24.4 Å². The fourth-order valence-corrected chi connectivity index (χ4v) is 6.03. The summed E-state index contributed by atoms with van der Waals surface area (Å²) in [6, 6.07) is 4.96. The maximum atomic E-state index is 12.3. The number of fused-ring (bicyclic) bond motifs is 3. The largest absolute Gasteiger partial charge is 0.446 e. The molecule has 128 valence electrons. The van der Waals surface area contributed by atoms with Crippen LogP contribution in [0.1, 0.15) is 25.7 Å². The molecule has 24 heavy (non-hydrogen) atoms. The molecule has 0 radical (unpaired) electrons. The minimum atomic E-state index is -0.415. The third-order valence-electron chi connectivity index (χ3n) is 6.35. The van der Waals surface area contributed by atoms with Crippen molar-refractivity contribution >= 4 is 35.0 Å². The van der Waals surface area contributed by atoms with Crippen LogP contribution in [0.2, 0.25) is 10.0 Å². The highest BCUT2D eigenvalue weighted by Gasteiger charge is 2.64. The number of anilines is 1. The van der Waals surface area contributed by atoms with Crippen molar-refractivity contribution in [2.45, 2.75) is 44.0 Å². The van der Waals surface area contributed by atoms with Gasteiger partial charge in [0.2, 0.25) is 0 Å². The van der Waals surface area contributed by atoms with Gasteiger partial charge in [-0.15, -0.1) is 0 Å². The highest BCUT2D eigenvalue weighted by atomic mass is 35.5. The monoisotopic (exact) mass is 367 g/mol. The van der Waals surface area contributed by atoms with Crippen molar-refractivity contribution in [3.05, 3.63) is 28.2 Å². The Balaban J connectivity index is 1.26. The van der Waals surface area contributed by atoms with Crippen LogP contribution in [-0.2, 0) is 9.47 Å². The van der Waals surface area contributed by atoms with E-state index < -0.39 is 6.09 Å². The topological polar surface area (TPSA) is 50.9 Å². The van der Waals surface area contributed by atoms with E-state index in [9.17, 15) is 4.79 Å². The summed E-state index contributed by atoms with van der Waals surface area (Å²) in [6.07, 6.45) is 5.16. The normalized spacial score (nSPS) is 41.5. The van der Waals surface area contributed by atoms with Crippen molar-refractivity contribution in [3.63, 3.8) is 0 Å². The summed E-state index contributed by atoms with van der Waals surface area (Å²) in [6.45, 7) is 0. The van der Waals surface area contributed by atoms with E-state index in [2.05, 4.69) is 5.32 Å². The third kappa shape index (κ3) is 2.51. The van der Waals surface area contributed by atoms with Crippen molar-refractivity contribution in [2.24, 2.45) is 23.7 Å². The molecule has 0 unspecified atom stereocenters. The van der Waals surface area contributed by atoms with Gasteiger partial charge in [0.05, 0.1) is 12.2 Å². The molecule has 1 heterocycles. The van der Waals surface area contributed by atoms with Crippen LogP contribution < -0.4 is 5.32 Å². The molecule has 4 aliphatic carbocycles. The van der Waals surface area contributed by atoms with Gasteiger partial charge in [-0.05, 0) is 67.6 Å².